The van der Waals surface area contributed by atoms with E-state index in [0.717, 1.165) is 11.3 Å². The molecule has 1 fully saturated rings. The highest BCUT2D eigenvalue weighted by molar-refractivity contribution is 5.71. The van der Waals surface area contributed by atoms with Gasteiger partial charge in [-0.3, -0.25) is 0 Å². The zero-order chi connectivity index (χ0) is 27.1. The second-order valence-electron chi connectivity index (χ2n) is 8.73. The maximum Gasteiger partial charge on any atom is 0.408 e. The van der Waals surface area contributed by atoms with Gasteiger partial charge in [-0.15, -0.1) is 5.92 Å². The molecule has 35 heavy (non-hydrogen) atoms. The lowest BCUT2D eigenvalue weighted by atomic mass is 9.99. The minimum atomic E-state index is -1.01. The largest absolute Gasteiger partial charge is 0.444 e. The normalized spacial score (nSPS) is 16.5. The van der Waals surface area contributed by atoms with Crippen molar-refractivity contribution < 1.29 is 19.0 Å². The van der Waals surface area contributed by atoms with Crippen molar-refractivity contribution >= 4 is 11.7 Å². The van der Waals surface area contributed by atoms with E-state index in [0.29, 0.717) is 12.2 Å². The van der Waals surface area contributed by atoms with Gasteiger partial charge in [-0.05, 0) is 59.6 Å². The number of allylic oxidation sites excluding steroid dienone is 5. The number of rotatable bonds is 6. The lowest BCUT2D eigenvalue weighted by Crippen LogP contribution is -2.59. The summed E-state index contributed by atoms with van der Waals surface area (Å²) in [6.45, 7) is 23.1. The van der Waals surface area contributed by atoms with E-state index >= 15 is 0 Å². The van der Waals surface area contributed by atoms with Gasteiger partial charge in [0.15, 0.2) is 5.79 Å². The summed E-state index contributed by atoms with van der Waals surface area (Å²) in [5, 5.41) is 2.90. The number of hydrogen-bond donors (Lipinski definition) is 2. The molecule has 1 saturated heterocycles. The van der Waals surface area contributed by atoms with E-state index in [1.807, 2.05) is 80.5 Å². The summed E-state index contributed by atoms with van der Waals surface area (Å²) in [4.78, 5) is 20.4. The average molecular weight is 488 g/mol. The summed E-state index contributed by atoms with van der Waals surface area (Å²) in [7, 11) is 0. The number of alkyl carbamates (subject to hydrolysis) is 1. The molecule has 0 radical (unpaired) electrons. The molecule has 0 atom stereocenters. The Morgan fingerprint density at radius 1 is 1.26 bits per heavy atom. The van der Waals surface area contributed by atoms with E-state index in [1.54, 1.807) is 19.2 Å². The van der Waals surface area contributed by atoms with Gasteiger partial charge in [0.2, 0.25) is 0 Å². The lowest BCUT2D eigenvalue weighted by molar-refractivity contribution is -0.273. The minimum absolute atomic E-state index is 0.178. The minimum Gasteiger partial charge on any atom is -0.444 e. The molecular weight excluding hydrogens is 442 g/mol. The van der Waals surface area contributed by atoms with Gasteiger partial charge in [-0.2, -0.15) is 0 Å². The van der Waals surface area contributed by atoms with Gasteiger partial charge < -0.3 is 24.5 Å². The topological polar surface area (TPSA) is 85.5 Å². The molecule has 1 amide bonds. The molecule has 7 heteroatoms. The van der Waals surface area contributed by atoms with Gasteiger partial charge in [0.1, 0.15) is 17.0 Å². The number of hydrogen-bond acceptors (Lipinski definition) is 5. The van der Waals surface area contributed by atoms with E-state index in [-0.39, 0.29) is 13.2 Å². The number of ether oxygens (including phenoxy) is 3. The van der Waals surface area contributed by atoms with Crippen molar-refractivity contribution in [3.63, 3.8) is 0 Å². The molecule has 196 valence electrons. The van der Waals surface area contributed by atoms with Crippen molar-refractivity contribution in [1.29, 1.82) is 0 Å². The first-order valence-corrected chi connectivity index (χ1v) is 12.2. The third-order valence-electron chi connectivity index (χ3n) is 4.45. The van der Waals surface area contributed by atoms with Crippen LogP contribution < -0.4 is 5.32 Å². The molecule has 0 unspecified atom stereocenters. The average Bonchev–Trinajstić information content (AvgIpc) is 3.30. The predicted molar refractivity (Wildman–Crippen MR) is 144 cm³/mol. The van der Waals surface area contributed by atoms with Crippen LogP contribution in [0, 0.1) is 11.8 Å². The molecule has 0 aliphatic carbocycles. The van der Waals surface area contributed by atoms with Crippen LogP contribution in [0.3, 0.4) is 0 Å². The quantitative estimate of drug-likeness (QED) is 0.353. The van der Waals surface area contributed by atoms with E-state index < -0.39 is 23.0 Å². The molecule has 1 aliphatic rings. The van der Waals surface area contributed by atoms with E-state index in [4.69, 9.17) is 14.2 Å². The Bertz CT molecular complexity index is 899. The molecular formula is C28H45N3O4. The molecule has 0 aromatic carbocycles. The zero-order valence-corrected chi connectivity index (χ0v) is 23.3. The molecule has 1 aliphatic heterocycles. The third kappa shape index (κ3) is 11.0. The Morgan fingerprint density at radius 3 is 2.37 bits per heavy atom. The Balaban J connectivity index is 0.00000274. The van der Waals surface area contributed by atoms with Crippen LogP contribution in [0.5, 0.6) is 0 Å². The van der Waals surface area contributed by atoms with Crippen LogP contribution in [0.1, 0.15) is 87.2 Å². The molecule has 1 aromatic rings. The third-order valence-corrected chi connectivity index (χ3v) is 4.45. The van der Waals surface area contributed by atoms with E-state index in [1.165, 1.54) is 0 Å². The number of H-pyrrole nitrogens is 1. The van der Waals surface area contributed by atoms with Gasteiger partial charge in [0.05, 0.1) is 25.1 Å². The van der Waals surface area contributed by atoms with Gasteiger partial charge in [0, 0.05) is 0 Å². The second kappa shape index (κ2) is 15.2. The van der Waals surface area contributed by atoms with Crippen molar-refractivity contribution in [2.75, 3.05) is 13.2 Å². The van der Waals surface area contributed by atoms with Gasteiger partial charge in [0.25, 0.3) is 0 Å². The first kappa shape index (κ1) is 32.2. The van der Waals surface area contributed by atoms with Crippen LogP contribution in [0.15, 0.2) is 37.1 Å². The zero-order valence-electron chi connectivity index (χ0n) is 23.3. The van der Waals surface area contributed by atoms with Gasteiger partial charge in [-0.1, -0.05) is 58.4 Å². The molecule has 0 saturated carbocycles. The summed E-state index contributed by atoms with van der Waals surface area (Å²) in [6, 6.07) is 0. The monoisotopic (exact) mass is 487 g/mol. The van der Waals surface area contributed by atoms with Crippen LogP contribution in [-0.2, 0) is 19.7 Å². The van der Waals surface area contributed by atoms with E-state index in [9.17, 15) is 4.79 Å². The Kier molecular flexibility index (Phi) is 14.0. The van der Waals surface area contributed by atoms with Crippen molar-refractivity contribution in [2.24, 2.45) is 0 Å². The predicted octanol–water partition coefficient (Wildman–Crippen LogP) is 6.50. The SMILES string of the molecule is C=CC(=CC/C=C/C#CC)c1cnc(C2(NC(=O)OC(C)(C)C)COC(C)(C)OC2)[nH]1.CC.CC. The number of nitrogens with zero attached hydrogens (tertiary/aromatic N) is 1. The van der Waals surface area contributed by atoms with Crippen molar-refractivity contribution in [3.8, 4) is 11.8 Å². The maximum absolute atomic E-state index is 12.6. The van der Waals surface area contributed by atoms with Crippen molar-refractivity contribution in [1.82, 2.24) is 15.3 Å². The Hall–Kier alpha value is -2.82. The van der Waals surface area contributed by atoms with Crippen LogP contribution in [0.2, 0.25) is 0 Å². The molecule has 0 bridgehead atoms. The highest BCUT2D eigenvalue weighted by Gasteiger charge is 2.45. The molecule has 0 spiro atoms. The Morgan fingerprint density at radius 2 is 1.86 bits per heavy atom. The van der Waals surface area contributed by atoms with Crippen LogP contribution in [-0.4, -0.2) is 40.7 Å². The number of amides is 1. The smallest absolute Gasteiger partial charge is 0.408 e. The summed E-state index contributed by atoms with van der Waals surface area (Å²) in [6.07, 6.45) is 9.38. The van der Waals surface area contributed by atoms with Gasteiger partial charge >= 0.3 is 6.09 Å². The fourth-order valence-electron chi connectivity index (χ4n) is 2.86. The molecule has 1 aromatic heterocycles. The molecule has 7 nitrogen and oxygen atoms in total. The number of aromatic amines is 1. The Labute approximate surface area is 212 Å². The highest BCUT2D eigenvalue weighted by atomic mass is 16.7. The van der Waals surface area contributed by atoms with Crippen LogP contribution in [0.4, 0.5) is 4.79 Å². The van der Waals surface area contributed by atoms with E-state index in [2.05, 4.69) is 33.7 Å². The van der Waals surface area contributed by atoms with Crippen molar-refractivity contribution in [2.45, 2.75) is 92.6 Å². The fourth-order valence-corrected chi connectivity index (χ4v) is 2.86. The number of imidazole rings is 1. The summed E-state index contributed by atoms with van der Waals surface area (Å²) in [5.74, 6) is 5.47. The first-order chi connectivity index (χ1) is 16.5. The summed E-state index contributed by atoms with van der Waals surface area (Å²) in [5.41, 5.74) is 0.0104. The molecule has 2 N–H and O–H groups in total. The maximum atomic E-state index is 12.6. The number of nitrogens with one attached hydrogen (secondary N) is 2. The summed E-state index contributed by atoms with van der Waals surface area (Å²) >= 11 is 0. The summed E-state index contributed by atoms with van der Waals surface area (Å²) < 4.78 is 17.2. The molecule has 2 heterocycles. The van der Waals surface area contributed by atoms with Crippen molar-refractivity contribution in [3.05, 3.63) is 48.6 Å². The molecule has 2 rings (SSSR count). The lowest BCUT2D eigenvalue weighted by Gasteiger charge is -2.42. The van der Waals surface area contributed by atoms with Gasteiger partial charge in [-0.25, -0.2) is 9.78 Å². The van der Waals surface area contributed by atoms with Crippen LogP contribution in [0.25, 0.3) is 5.57 Å². The number of aromatic nitrogens is 2. The second-order valence-corrected chi connectivity index (χ2v) is 8.73. The fraction of sp³-hybridized carbons (Fsp3) is 0.571. The standard InChI is InChI=1S/C24H33N3O4.2C2H6/c1-8-10-11-12-13-14-18(9-2)19-15-25-20(26-19)24(16-29-23(6,7)30-17-24)27-21(28)31-22(3,4)5;2*1-2/h9,11-12,14-15H,2,13,16-17H2,1,3-7H3,(H,25,26)(H,27,28);2*1-2H3/b12-11+,18-14?;;. The van der Waals surface area contributed by atoms with Crippen LogP contribution >= 0.6 is 0 Å². The number of carbonyl (C=O) groups excluding carboxylic acids is 1. The first-order valence-electron chi connectivity index (χ1n) is 12.2. The highest BCUT2D eigenvalue weighted by Crippen LogP contribution is 2.31. The number of carbonyl (C=O) groups is 1.